The van der Waals surface area contributed by atoms with Crippen LogP contribution in [0, 0.1) is 0 Å². The zero-order chi connectivity index (χ0) is 7.65. The van der Waals surface area contributed by atoms with E-state index in [2.05, 4.69) is 0 Å². The fraction of sp³-hybridized carbons (Fsp3) is 0.833. The Kier molecular flexibility index (Phi) is 2.90. The molecule has 0 amide bonds. The number of carbonyl (C=O) groups is 1. The lowest BCUT2D eigenvalue weighted by Gasteiger charge is -2.14. The van der Waals surface area contributed by atoms with Crippen molar-refractivity contribution in [2.75, 3.05) is 0 Å². The van der Waals surface area contributed by atoms with Gasteiger partial charge in [-0.2, -0.15) is 0 Å². The molecule has 0 rings (SSSR count). The summed E-state index contributed by atoms with van der Waals surface area (Å²) in [6, 6.07) is 0. The van der Waals surface area contributed by atoms with E-state index in [1.54, 1.807) is 6.92 Å². The van der Waals surface area contributed by atoms with Crippen LogP contribution in [0.3, 0.4) is 0 Å². The molecule has 0 aromatic carbocycles. The van der Waals surface area contributed by atoms with E-state index >= 15 is 0 Å². The largest absolute Gasteiger partial charge is 0.304 e. The number of hydrogen-bond acceptors (Lipinski definition) is 1. The summed E-state index contributed by atoms with van der Waals surface area (Å²) in [5.74, 6) is 0. The highest BCUT2D eigenvalue weighted by molar-refractivity contribution is 7.05. The molecule has 0 N–H and O–H groups in total. The molecule has 1 atom stereocenters. The van der Waals surface area contributed by atoms with Gasteiger partial charge < -0.3 is 4.79 Å². The minimum Gasteiger partial charge on any atom is -0.304 e. The summed E-state index contributed by atoms with van der Waals surface area (Å²) in [6.45, 7) is 7.76. The second kappa shape index (κ2) is 2.84. The Morgan fingerprint density at radius 2 is 1.78 bits per heavy atom. The first-order valence-corrected chi connectivity index (χ1v) is 6.97. The number of hydrogen-bond donors (Lipinski definition) is 0. The van der Waals surface area contributed by atoms with Gasteiger partial charge in [0.1, 0.15) is 13.5 Å². The van der Waals surface area contributed by atoms with Crippen molar-refractivity contribution >= 4 is 25.1 Å². The highest BCUT2D eigenvalue weighted by atomic mass is 35.5. The predicted molar refractivity (Wildman–Crippen MR) is 43.7 cm³/mol. The van der Waals surface area contributed by atoms with Crippen LogP contribution in [0.1, 0.15) is 6.92 Å². The monoisotopic (exact) mass is 164 g/mol. The molecule has 0 aromatic rings. The summed E-state index contributed by atoms with van der Waals surface area (Å²) in [5.41, 5.74) is 0. The van der Waals surface area contributed by atoms with Gasteiger partial charge in [-0.05, 0) is 6.92 Å². The predicted octanol–water partition coefficient (Wildman–Crippen LogP) is 2.06. The Labute approximate surface area is 62.4 Å². The lowest BCUT2D eigenvalue weighted by atomic mass is 10.5. The SMILES string of the molecule is CC(Cl)C(=O)[Si](C)(C)C. The molecular formula is C6H13ClOSi. The van der Waals surface area contributed by atoms with Crippen molar-refractivity contribution in [3.8, 4) is 0 Å². The summed E-state index contributed by atoms with van der Waals surface area (Å²) < 4.78 is 0. The van der Waals surface area contributed by atoms with Gasteiger partial charge in [-0.3, -0.25) is 0 Å². The lowest BCUT2D eigenvalue weighted by molar-refractivity contribution is -0.112. The van der Waals surface area contributed by atoms with Gasteiger partial charge in [-0.1, -0.05) is 19.6 Å². The first-order valence-electron chi connectivity index (χ1n) is 3.04. The van der Waals surface area contributed by atoms with Gasteiger partial charge in [0.15, 0.2) is 0 Å². The minimum absolute atomic E-state index is 0.240. The van der Waals surface area contributed by atoms with Gasteiger partial charge in [0.05, 0.1) is 5.38 Å². The van der Waals surface area contributed by atoms with Crippen molar-refractivity contribution in [1.29, 1.82) is 0 Å². The first kappa shape index (κ1) is 9.18. The molecule has 0 fully saturated rings. The minimum atomic E-state index is -1.59. The molecule has 0 aliphatic carbocycles. The van der Waals surface area contributed by atoms with E-state index in [1.807, 2.05) is 19.6 Å². The molecule has 0 aromatic heterocycles. The van der Waals surface area contributed by atoms with Crippen LogP contribution in [0.15, 0.2) is 0 Å². The molecule has 0 heterocycles. The van der Waals surface area contributed by atoms with Gasteiger partial charge in [-0.25, -0.2) is 0 Å². The van der Waals surface area contributed by atoms with Crippen LogP contribution in [-0.4, -0.2) is 18.9 Å². The zero-order valence-corrected chi connectivity index (χ0v) is 8.12. The van der Waals surface area contributed by atoms with Crippen LogP contribution in [-0.2, 0) is 4.79 Å². The van der Waals surface area contributed by atoms with E-state index in [0.717, 1.165) is 0 Å². The van der Waals surface area contributed by atoms with Crippen molar-refractivity contribution < 1.29 is 4.79 Å². The second-order valence-corrected chi connectivity index (χ2v) is 8.88. The smallest absolute Gasteiger partial charge is 0.128 e. The zero-order valence-electron chi connectivity index (χ0n) is 6.36. The quantitative estimate of drug-likeness (QED) is 0.451. The maximum atomic E-state index is 11.1. The van der Waals surface area contributed by atoms with Gasteiger partial charge in [0, 0.05) is 0 Å². The third kappa shape index (κ3) is 3.01. The van der Waals surface area contributed by atoms with Crippen LogP contribution in [0.4, 0.5) is 0 Å². The Morgan fingerprint density at radius 3 is 1.78 bits per heavy atom. The maximum Gasteiger partial charge on any atom is 0.128 e. The van der Waals surface area contributed by atoms with Crippen LogP contribution >= 0.6 is 11.6 Å². The summed E-state index contributed by atoms with van der Waals surface area (Å²) in [7, 11) is -1.59. The van der Waals surface area contributed by atoms with E-state index in [-0.39, 0.29) is 10.8 Å². The Morgan fingerprint density at radius 1 is 1.44 bits per heavy atom. The third-order valence-electron chi connectivity index (χ3n) is 1.10. The average molecular weight is 165 g/mol. The van der Waals surface area contributed by atoms with Crippen molar-refractivity contribution in [1.82, 2.24) is 0 Å². The molecular weight excluding hydrogens is 152 g/mol. The van der Waals surface area contributed by atoms with Crippen LogP contribution < -0.4 is 0 Å². The van der Waals surface area contributed by atoms with Crippen LogP contribution in [0.5, 0.6) is 0 Å². The van der Waals surface area contributed by atoms with E-state index in [4.69, 9.17) is 11.6 Å². The summed E-state index contributed by atoms with van der Waals surface area (Å²) in [6.07, 6.45) is 0. The van der Waals surface area contributed by atoms with Gasteiger partial charge in [-0.15, -0.1) is 11.6 Å². The molecule has 1 nitrogen and oxygen atoms in total. The molecule has 0 aliphatic rings. The van der Waals surface area contributed by atoms with Gasteiger partial charge in [0.25, 0.3) is 0 Å². The first-order chi connectivity index (χ1) is 3.85. The van der Waals surface area contributed by atoms with Gasteiger partial charge in [0.2, 0.25) is 0 Å². The highest BCUT2D eigenvalue weighted by Gasteiger charge is 2.27. The molecule has 0 spiro atoms. The summed E-state index contributed by atoms with van der Waals surface area (Å²) in [5, 5.41) is -0.0548. The van der Waals surface area contributed by atoms with Crippen molar-refractivity contribution in [2.24, 2.45) is 0 Å². The molecule has 0 bridgehead atoms. The highest BCUT2D eigenvalue weighted by Crippen LogP contribution is 2.08. The van der Waals surface area contributed by atoms with Gasteiger partial charge >= 0.3 is 0 Å². The topological polar surface area (TPSA) is 17.1 Å². The molecule has 0 radical (unpaired) electrons. The number of halogens is 1. The average Bonchev–Trinajstić information content (AvgIpc) is 1.62. The fourth-order valence-corrected chi connectivity index (χ4v) is 2.77. The molecule has 9 heavy (non-hydrogen) atoms. The number of rotatable bonds is 2. The molecule has 1 unspecified atom stereocenters. The maximum absolute atomic E-state index is 11.1. The third-order valence-corrected chi connectivity index (χ3v) is 3.39. The Hall–Kier alpha value is 0.177. The normalized spacial score (nSPS) is 15.2. The van der Waals surface area contributed by atoms with Crippen molar-refractivity contribution in [3.05, 3.63) is 0 Å². The molecule has 0 aliphatic heterocycles. The Balaban J connectivity index is 4.06. The van der Waals surface area contributed by atoms with Crippen LogP contribution in [0.25, 0.3) is 0 Å². The fourth-order valence-electron chi connectivity index (χ4n) is 0.597. The molecule has 0 saturated carbocycles. The van der Waals surface area contributed by atoms with E-state index in [1.165, 1.54) is 0 Å². The van der Waals surface area contributed by atoms with Crippen LogP contribution in [0.2, 0.25) is 19.6 Å². The molecule has 0 saturated heterocycles. The van der Waals surface area contributed by atoms with Crippen molar-refractivity contribution in [2.45, 2.75) is 31.9 Å². The number of carbonyl (C=O) groups excluding carboxylic acids is 1. The van der Waals surface area contributed by atoms with E-state index in [9.17, 15) is 4.79 Å². The Bertz CT molecular complexity index is 115. The second-order valence-electron chi connectivity index (χ2n) is 3.23. The van der Waals surface area contributed by atoms with Crippen molar-refractivity contribution in [3.63, 3.8) is 0 Å². The standard InChI is InChI=1S/C6H13ClOSi/c1-5(7)6(8)9(2,3)4/h5H,1-4H3. The van der Waals surface area contributed by atoms with E-state index < -0.39 is 8.07 Å². The summed E-state index contributed by atoms with van der Waals surface area (Å²) >= 11 is 5.60. The lowest BCUT2D eigenvalue weighted by Crippen LogP contribution is -2.38. The molecule has 54 valence electrons. The number of alkyl halides is 1. The molecule has 3 heteroatoms. The van der Waals surface area contributed by atoms with E-state index in [0.29, 0.717) is 0 Å². The summed E-state index contributed by atoms with van der Waals surface area (Å²) in [4.78, 5) is 11.1.